The van der Waals surface area contributed by atoms with Gasteiger partial charge in [0, 0.05) is 15.7 Å². The van der Waals surface area contributed by atoms with Gasteiger partial charge in [-0.3, -0.25) is 4.79 Å². The van der Waals surface area contributed by atoms with Crippen molar-refractivity contribution in [2.24, 2.45) is 0 Å². The number of nitrogens with one attached hydrogen (secondary N) is 1. The molecule has 1 amide bonds. The van der Waals surface area contributed by atoms with Crippen LogP contribution in [0.15, 0.2) is 77.3 Å². The first kappa shape index (κ1) is 17.2. The van der Waals surface area contributed by atoms with E-state index in [1.165, 1.54) is 0 Å². The fraction of sp³-hybridized carbons (Fsp3) is 0.0952. The van der Waals surface area contributed by atoms with Crippen LogP contribution in [-0.4, -0.2) is 5.91 Å². The summed E-state index contributed by atoms with van der Waals surface area (Å²) in [5.74, 6) is 0.594. The second-order valence-electron chi connectivity index (χ2n) is 5.72. The minimum absolute atomic E-state index is 0.142. The number of aryl methyl sites for hydroxylation is 1. The molecule has 0 atom stereocenters. The Labute approximate surface area is 155 Å². The Bertz CT molecular complexity index is 861. The summed E-state index contributed by atoms with van der Waals surface area (Å²) in [6.45, 7) is 2.49. The van der Waals surface area contributed by atoms with Crippen molar-refractivity contribution >= 4 is 27.5 Å². The van der Waals surface area contributed by atoms with Gasteiger partial charge in [-0.25, -0.2) is 0 Å². The van der Waals surface area contributed by atoms with Crippen LogP contribution in [-0.2, 0) is 6.61 Å². The molecule has 0 aliphatic rings. The molecular formula is C21H18BrNO2. The predicted molar refractivity (Wildman–Crippen MR) is 104 cm³/mol. The van der Waals surface area contributed by atoms with Gasteiger partial charge in [-0.05, 0) is 60.5 Å². The Kier molecular flexibility index (Phi) is 5.51. The lowest BCUT2D eigenvalue weighted by atomic mass is 10.2. The van der Waals surface area contributed by atoms with E-state index < -0.39 is 0 Å². The summed E-state index contributed by atoms with van der Waals surface area (Å²) >= 11 is 3.45. The lowest BCUT2D eigenvalue weighted by molar-refractivity contribution is 0.102. The number of rotatable bonds is 5. The van der Waals surface area contributed by atoms with E-state index in [2.05, 4.69) is 21.2 Å². The average molecular weight is 396 g/mol. The topological polar surface area (TPSA) is 38.3 Å². The van der Waals surface area contributed by atoms with E-state index in [1.54, 1.807) is 12.1 Å². The molecule has 3 aromatic carbocycles. The zero-order chi connectivity index (χ0) is 17.6. The van der Waals surface area contributed by atoms with Crippen molar-refractivity contribution in [2.45, 2.75) is 13.5 Å². The van der Waals surface area contributed by atoms with Crippen LogP contribution < -0.4 is 10.1 Å². The summed E-state index contributed by atoms with van der Waals surface area (Å²) in [5, 5.41) is 2.90. The molecule has 0 spiro atoms. The highest BCUT2D eigenvalue weighted by molar-refractivity contribution is 9.10. The quantitative estimate of drug-likeness (QED) is 0.611. The predicted octanol–water partition coefficient (Wildman–Crippen LogP) is 5.59. The molecule has 25 heavy (non-hydrogen) atoms. The van der Waals surface area contributed by atoms with Gasteiger partial charge in [0.25, 0.3) is 5.91 Å². The molecule has 0 fully saturated rings. The largest absolute Gasteiger partial charge is 0.489 e. The normalized spacial score (nSPS) is 10.3. The van der Waals surface area contributed by atoms with Gasteiger partial charge >= 0.3 is 0 Å². The molecule has 126 valence electrons. The molecule has 0 heterocycles. The van der Waals surface area contributed by atoms with Gasteiger partial charge in [0.05, 0.1) is 0 Å². The molecule has 1 N–H and O–H groups in total. The zero-order valence-electron chi connectivity index (χ0n) is 13.8. The van der Waals surface area contributed by atoms with Gasteiger partial charge < -0.3 is 10.1 Å². The highest BCUT2D eigenvalue weighted by atomic mass is 79.9. The molecule has 0 unspecified atom stereocenters. The molecule has 0 aromatic heterocycles. The first-order chi connectivity index (χ1) is 12.1. The maximum absolute atomic E-state index is 12.3. The number of hydrogen-bond donors (Lipinski definition) is 1. The summed E-state index contributed by atoms with van der Waals surface area (Å²) in [6, 6.07) is 22.8. The number of benzene rings is 3. The second-order valence-corrected chi connectivity index (χ2v) is 6.57. The number of carbonyl (C=O) groups excluding carboxylic acids is 1. The molecule has 0 saturated heterocycles. The molecule has 0 aliphatic heterocycles. The van der Waals surface area contributed by atoms with Gasteiger partial charge in [-0.1, -0.05) is 46.3 Å². The van der Waals surface area contributed by atoms with Crippen LogP contribution >= 0.6 is 15.9 Å². The molecule has 4 heteroatoms. The van der Waals surface area contributed by atoms with Gasteiger partial charge in [-0.15, -0.1) is 0 Å². The van der Waals surface area contributed by atoms with Crippen LogP contribution in [0.5, 0.6) is 5.75 Å². The summed E-state index contributed by atoms with van der Waals surface area (Å²) in [6.07, 6.45) is 0. The van der Waals surface area contributed by atoms with Crippen LogP contribution in [0.3, 0.4) is 0 Å². The van der Waals surface area contributed by atoms with E-state index >= 15 is 0 Å². The summed E-state index contributed by atoms with van der Waals surface area (Å²) < 4.78 is 6.76. The minimum Gasteiger partial charge on any atom is -0.489 e. The molecule has 3 rings (SSSR count). The number of halogens is 1. The molecule has 0 aliphatic carbocycles. The van der Waals surface area contributed by atoms with Crippen molar-refractivity contribution in [3.63, 3.8) is 0 Å². The number of amides is 1. The first-order valence-electron chi connectivity index (χ1n) is 7.96. The zero-order valence-corrected chi connectivity index (χ0v) is 15.4. The lowest BCUT2D eigenvalue weighted by Crippen LogP contribution is -2.11. The van der Waals surface area contributed by atoms with Crippen LogP contribution in [0.1, 0.15) is 21.5 Å². The van der Waals surface area contributed by atoms with E-state index in [9.17, 15) is 4.79 Å². The smallest absolute Gasteiger partial charge is 0.255 e. The van der Waals surface area contributed by atoms with Crippen LogP contribution in [0.4, 0.5) is 5.69 Å². The van der Waals surface area contributed by atoms with E-state index in [1.807, 2.05) is 67.6 Å². The van der Waals surface area contributed by atoms with Crippen molar-refractivity contribution in [3.05, 3.63) is 94.0 Å². The minimum atomic E-state index is -0.142. The Morgan fingerprint density at radius 2 is 1.72 bits per heavy atom. The second kappa shape index (κ2) is 7.99. The molecule has 0 saturated carbocycles. The van der Waals surface area contributed by atoms with E-state index in [-0.39, 0.29) is 5.91 Å². The number of anilines is 1. The van der Waals surface area contributed by atoms with Gasteiger partial charge in [0.15, 0.2) is 0 Å². The van der Waals surface area contributed by atoms with Crippen molar-refractivity contribution in [1.82, 2.24) is 0 Å². The van der Waals surface area contributed by atoms with Gasteiger partial charge in [0.1, 0.15) is 12.4 Å². The fourth-order valence-electron chi connectivity index (χ4n) is 2.37. The molecule has 3 aromatic rings. The standard InChI is InChI=1S/C21H18BrNO2/c1-15-13-18(9-12-20(15)22)23-21(24)17-7-10-19(11-8-17)25-14-16-5-3-2-4-6-16/h2-13H,14H2,1H3,(H,23,24). The number of hydrogen-bond acceptors (Lipinski definition) is 2. The highest BCUT2D eigenvalue weighted by Gasteiger charge is 2.07. The summed E-state index contributed by atoms with van der Waals surface area (Å²) in [5.41, 5.74) is 3.54. The maximum atomic E-state index is 12.3. The van der Waals surface area contributed by atoms with Crippen LogP contribution in [0.2, 0.25) is 0 Å². The van der Waals surface area contributed by atoms with E-state index in [0.717, 1.165) is 27.0 Å². The van der Waals surface area contributed by atoms with Gasteiger partial charge in [0.2, 0.25) is 0 Å². The first-order valence-corrected chi connectivity index (χ1v) is 8.75. The highest BCUT2D eigenvalue weighted by Crippen LogP contribution is 2.21. The lowest BCUT2D eigenvalue weighted by Gasteiger charge is -2.09. The van der Waals surface area contributed by atoms with Crippen molar-refractivity contribution in [1.29, 1.82) is 0 Å². The third kappa shape index (κ3) is 4.70. The SMILES string of the molecule is Cc1cc(NC(=O)c2ccc(OCc3ccccc3)cc2)ccc1Br. The van der Waals surface area contributed by atoms with E-state index in [0.29, 0.717) is 12.2 Å². The third-order valence-corrected chi connectivity index (χ3v) is 4.67. The Hall–Kier alpha value is -2.59. The van der Waals surface area contributed by atoms with Gasteiger partial charge in [-0.2, -0.15) is 0 Å². The van der Waals surface area contributed by atoms with Crippen LogP contribution in [0.25, 0.3) is 0 Å². The van der Waals surface area contributed by atoms with Crippen molar-refractivity contribution in [2.75, 3.05) is 5.32 Å². The Morgan fingerprint density at radius 3 is 2.40 bits per heavy atom. The van der Waals surface area contributed by atoms with E-state index in [4.69, 9.17) is 4.74 Å². The molecule has 0 radical (unpaired) electrons. The molecule has 0 bridgehead atoms. The van der Waals surface area contributed by atoms with Crippen molar-refractivity contribution < 1.29 is 9.53 Å². The maximum Gasteiger partial charge on any atom is 0.255 e. The third-order valence-electron chi connectivity index (χ3n) is 3.78. The Balaban J connectivity index is 1.61. The number of ether oxygens (including phenoxy) is 1. The molecule has 3 nitrogen and oxygen atoms in total. The fourth-order valence-corrected chi connectivity index (χ4v) is 2.62. The van der Waals surface area contributed by atoms with Crippen LogP contribution in [0, 0.1) is 6.92 Å². The number of carbonyl (C=O) groups is 1. The van der Waals surface area contributed by atoms with Crippen molar-refractivity contribution in [3.8, 4) is 5.75 Å². The summed E-state index contributed by atoms with van der Waals surface area (Å²) in [4.78, 5) is 12.3. The monoisotopic (exact) mass is 395 g/mol. The molecular weight excluding hydrogens is 378 g/mol. The summed E-state index contributed by atoms with van der Waals surface area (Å²) in [7, 11) is 0. The Morgan fingerprint density at radius 1 is 1.00 bits per heavy atom. The average Bonchev–Trinajstić information content (AvgIpc) is 2.64.